The second-order valence-corrected chi connectivity index (χ2v) is 8.88. The van der Waals surface area contributed by atoms with Crippen molar-refractivity contribution in [1.29, 1.82) is 0 Å². The number of aromatic nitrogens is 1. The summed E-state index contributed by atoms with van der Waals surface area (Å²) in [7, 11) is 0. The molecular formula is C25H28N2O4. The maximum absolute atomic E-state index is 12.9. The van der Waals surface area contributed by atoms with Crippen LogP contribution in [0.25, 0.3) is 10.9 Å². The van der Waals surface area contributed by atoms with Crippen molar-refractivity contribution >= 4 is 22.6 Å². The number of ketones is 1. The summed E-state index contributed by atoms with van der Waals surface area (Å²) in [6, 6.07) is 13.4. The molecule has 0 atom stereocenters. The summed E-state index contributed by atoms with van der Waals surface area (Å²) < 4.78 is 13.2. The van der Waals surface area contributed by atoms with Crippen molar-refractivity contribution in [3.8, 4) is 11.5 Å². The molecule has 1 N–H and O–H groups in total. The van der Waals surface area contributed by atoms with Gasteiger partial charge in [-0.1, -0.05) is 45.0 Å². The van der Waals surface area contributed by atoms with E-state index in [1.54, 1.807) is 6.20 Å². The Morgan fingerprint density at radius 1 is 1.03 bits per heavy atom. The van der Waals surface area contributed by atoms with Gasteiger partial charge in [0.15, 0.2) is 17.3 Å². The van der Waals surface area contributed by atoms with Crippen molar-refractivity contribution in [1.82, 2.24) is 9.88 Å². The zero-order chi connectivity index (χ0) is 22.0. The number of hydrogen-bond acceptors (Lipinski definition) is 4. The normalized spacial score (nSPS) is 13.6. The van der Waals surface area contributed by atoms with E-state index in [1.165, 1.54) is 0 Å². The lowest BCUT2D eigenvalue weighted by Gasteiger charge is -2.15. The van der Waals surface area contributed by atoms with Gasteiger partial charge in [-0.2, -0.15) is 0 Å². The molecule has 0 bridgehead atoms. The molecule has 3 aromatic rings. The molecule has 0 saturated carbocycles. The van der Waals surface area contributed by atoms with E-state index in [2.05, 4.69) is 5.32 Å². The van der Waals surface area contributed by atoms with Crippen molar-refractivity contribution in [3.05, 3.63) is 59.8 Å². The summed E-state index contributed by atoms with van der Waals surface area (Å²) in [4.78, 5) is 25.6. The van der Waals surface area contributed by atoms with E-state index in [-0.39, 0.29) is 18.2 Å². The molecule has 0 aliphatic carbocycles. The molecular weight excluding hydrogens is 392 g/mol. The van der Waals surface area contributed by atoms with Crippen molar-refractivity contribution < 1.29 is 19.1 Å². The standard InChI is InChI=1S/C25H28N2O4/c1-25(2,3)24(29)19-15-27(20-8-5-4-7-18(19)20)16-23(28)26-14-17-9-10-21-22(13-17)31-12-6-11-30-21/h4-5,7-10,13,15H,6,11-12,14,16H2,1-3H3,(H,26,28). The van der Waals surface area contributed by atoms with Gasteiger partial charge in [-0.25, -0.2) is 0 Å². The van der Waals surface area contributed by atoms with Gasteiger partial charge in [0.1, 0.15) is 6.54 Å². The fourth-order valence-corrected chi connectivity index (χ4v) is 3.69. The molecule has 6 heteroatoms. The van der Waals surface area contributed by atoms with Crippen LogP contribution in [-0.4, -0.2) is 29.5 Å². The molecule has 4 rings (SSSR count). The quantitative estimate of drug-likeness (QED) is 0.623. The van der Waals surface area contributed by atoms with Gasteiger partial charge < -0.3 is 19.4 Å². The van der Waals surface area contributed by atoms with Crippen LogP contribution in [-0.2, 0) is 17.9 Å². The average Bonchev–Trinajstić information content (AvgIpc) is 2.93. The lowest BCUT2D eigenvalue weighted by atomic mass is 9.86. The maximum Gasteiger partial charge on any atom is 0.240 e. The van der Waals surface area contributed by atoms with E-state index in [0.717, 1.165) is 28.6 Å². The lowest BCUT2D eigenvalue weighted by Crippen LogP contribution is -2.27. The molecule has 2 aromatic carbocycles. The van der Waals surface area contributed by atoms with Crippen molar-refractivity contribution in [2.24, 2.45) is 5.41 Å². The van der Waals surface area contributed by atoms with E-state index in [4.69, 9.17) is 9.47 Å². The molecule has 1 aliphatic rings. The summed E-state index contributed by atoms with van der Waals surface area (Å²) in [6.07, 6.45) is 2.65. The highest BCUT2D eigenvalue weighted by atomic mass is 16.5. The van der Waals surface area contributed by atoms with E-state index in [1.807, 2.05) is 67.8 Å². The fraction of sp³-hybridized carbons (Fsp3) is 0.360. The van der Waals surface area contributed by atoms with Crippen LogP contribution in [0, 0.1) is 5.41 Å². The number of fused-ring (bicyclic) bond motifs is 2. The molecule has 0 saturated heterocycles. The number of carbonyl (C=O) groups excluding carboxylic acids is 2. The van der Waals surface area contributed by atoms with Crippen LogP contribution in [0.1, 0.15) is 43.1 Å². The minimum atomic E-state index is -0.492. The van der Waals surface area contributed by atoms with Gasteiger partial charge in [-0.05, 0) is 23.8 Å². The Balaban J connectivity index is 1.48. The number of amides is 1. The first-order valence-corrected chi connectivity index (χ1v) is 10.6. The van der Waals surface area contributed by atoms with Crippen LogP contribution in [0.4, 0.5) is 0 Å². The van der Waals surface area contributed by atoms with Gasteiger partial charge in [-0.15, -0.1) is 0 Å². The van der Waals surface area contributed by atoms with Crippen LogP contribution < -0.4 is 14.8 Å². The van der Waals surface area contributed by atoms with Crippen LogP contribution >= 0.6 is 0 Å². The number of para-hydroxylation sites is 1. The smallest absolute Gasteiger partial charge is 0.240 e. The van der Waals surface area contributed by atoms with E-state index < -0.39 is 5.41 Å². The number of nitrogens with zero attached hydrogens (tertiary/aromatic N) is 1. The molecule has 2 heterocycles. The Morgan fingerprint density at radius 2 is 1.77 bits per heavy atom. The molecule has 1 amide bonds. The molecule has 1 aromatic heterocycles. The number of Topliss-reactive ketones (excluding diaryl/α,β-unsaturated/α-hetero) is 1. The molecule has 162 valence electrons. The Bertz CT molecular complexity index is 1120. The van der Waals surface area contributed by atoms with Gasteiger partial charge in [0.25, 0.3) is 0 Å². The SMILES string of the molecule is CC(C)(C)C(=O)c1cn(CC(=O)NCc2ccc3c(c2)OCCCO3)c2ccccc12. The number of rotatable bonds is 5. The first-order chi connectivity index (χ1) is 14.8. The Kier molecular flexibility index (Phi) is 5.72. The Hall–Kier alpha value is -3.28. The zero-order valence-electron chi connectivity index (χ0n) is 18.2. The number of carbonyl (C=O) groups is 2. The molecule has 31 heavy (non-hydrogen) atoms. The third kappa shape index (κ3) is 4.58. The maximum atomic E-state index is 12.9. The van der Waals surface area contributed by atoms with Crippen LogP contribution in [0.5, 0.6) is 11.5 Å². The minimum absolute atomic E-state index is 0.0649. The van der Waals surface area contributed by atoms with Crippen molar-refractivity contribution in [2.45, 2.75) is 40.3 Å². The molecule has 0 radical (unpaired) electrons. The van der Waals surface area contributed by atoms with Crippen LogP contribution in [0.3, 0.4) is 0 Å². The van der Waals surface area contributed by atoms with E-state index in [0.29, 0.717) is 31.1 Å². The van der Waals surface area contributed by atoms with Crippen molar-refractivity contribution in [2.75, 3.05) is 13.2 Å². The first-order valence-electron chi connectivity index (χ1n) is 10.6. The third-order valence-corrected chi connectivity index (χ3v) is 5.33. The van der Waals surface area contributed by atoms with Gasteiger partial charge >= 0.3 is 0 Å². The molecule has 0 fully saturated rings. The van der Waals surface area contributed by atoms with E-state index >= 15 is 0 Å². The highest BCUT2D eigenvalue weighted by molar-refractivity contribution is 6.10. The van der Waals surface area contributed by atoms with Crippen LogP contribution in [0.15, 0.2) is 48.7 Å². The average molecular weight is 421 g/mol. The number of benzene rings is 2. The molecule has 0 spiro atoms. The largest absolute Gasteiger partial charge is 0.490 e. The number of nitrogens with one attached hydrogen (secondary N) is 1. The topological polar surface area (TPSA) is 69.6 Å². The summed E-state index contributed by atoms with van der Waals surface area (Å²) in [5.74, 6) is 1.39. The summed E-state index contributed by atoms with van der Waals surface area (Å²) in [6.45, 7) is 7.52. The molecule has 1 aliphatic heterocycles. The number of ether oxygens (including phenoxy) is 2. The highest BCUT2D eigenvalue weighted by Crippen LogP contribution is 2.31. The number of hydrogen-bond donors (Lipinski definition) is 1. The zero-order valence-corrected chi connectivity index (χ0v) is 18.2. The summed E-state index contributed by atoms with van der Waals surface area (Å²) in [5.41, 5.74) is 1.98. The van der Waals surface area contributed by atoms with E-state index in [9.17, 15) is 9.59 Å². The molecule has 0 unspecified atom stereocenters. The van der Waals surface area contributed by atoms with Crippen molar-refractivity contribution in [3.63, 3.8) is 0 Å². The second-order valence-electron chi connectivity index (χ2n) is 8.88. The van der Waals surface area contributed by atoms with Gasteiger partial charge in [0.05, 0.1) is 13.2 Å². The first kappa shape index (κ1) is 21.0. The van der Waals surface area contributed by atoms with Crippen LogP contribution in [0.2, 0.25) is 0 Å². The van der Waals surface area contributed by atoms with Gasteiger partial charge in [-0.3, -0.25) is 9.59 Å². The van der Waals surface area contributed by atoms with Gasteiger partial charge in [0, 0.05) is 41.0 Å². The highest BCUT2D eigenvalue weighted by Gasteiger charge is 2.26. The Morgan fingerprint density at radius 3 is 2.55 bits per heavy atom. The minimum Gasteiger partial charge on any atom is -0.490 e. The third-order valence-electron chi connectivity index (χ3n) is 5.33. The molecule has 6 nitrogen and oxygen atoms in total. The predicted octanol–water partition coefficient (Wildman–Crippen LogP) is 4.35. The monoisotopic (exact) mass is 420 g/mol. The predicted molar refractivity (Wildman–Crippen MR) is 120 cm³/mol. The Labute approximate surface area is 182 Å². The lowest BCUT2D eigenvalue weighted by molar-refractivity contribution is -0.121. The second kappa shape index (κ2) is 8.46. The summed E-state index contributed by atoms with van der Waals surface area (Å²) in [5, 5.41) is 3.84. The summed E-state index contributed by atoms with van der Waals surface area (Å²) >= 11 is 0. The van der Waals surface area contributed by atoms with Gasteiger partial charge in [0.2, 0.25) is 5.91 Å². The fourth-order valence-electron chi connectivity index (χ4n) is 3.69.